The standard InChI is InChI=1S/C14H10F3N3O2/c1-8-6-11(21-19-8)7-9-2-4-10(5-3-9)12-18-13(22-20-12)14(15,16)17/h2-6H,7H2,1H3. The fraction of sp³-hybridized carbons (Fsp3) is 0.214. The summed E-state index contributed by atoms with van der Waals surface area (Å²) in [5.41, 5.74) is 2.16. The van der Waals surface area contributed by atoms with Crippen LogP contribution in [0, 0.1) is 6.92 Å². The van der Waals surface area contributed by atoms with Gasteiger partial charge in [0.2, 0.25) is 5.82 Å². The number of hydrogen-bond donors (Lipinski definition) is 0. The summed E-state index contributed by atoms with van der Waals surface area (Å²) in [7, 11) is 0. The van der Waals surface area contributed by atoms with E-state index in [4.69, 9.17) is 4.52 Å². The molecule has 0 saturated carbocycles. The minimum absolute atomic E-state index is 0.102. The summed E-state index contributed by atoms with van der Waals surface area (Å²) >= 11 is 0. The Balaban J connectivity index is 1.78. The van der Waals surface area contributed by atoms with Gasteiger partial charge in [-0.05, 0) is 12.5 Å². The van der Waals surface area contributed by atoms with Crippen molar-refractivity contribution in [2.75, 3.05) is 0 Å². The Morgan fingerprint density at radius 2 is 1.77 bits per heavy atom. The van der Waals surface area contributed by atoms with Crippen LogP contribution in [0.3, 0.4) is 0 Å². The number of alkyl halides is 3. The van der Waals surface area contributed by atoms with Gasteiger partial charge in [-0.3, -0.25) is 0 Å². The fourth-order valence-corrected chi connectivity index (χ4v) is 1.93. The largest absolute Gasteiger partial charge is 0.471 e. The molecule has 22 heavy (non-hydrogen) atoms. The van der Waals surface area contributed by atoms with E-state index in [-0.39, 0.29) is 5.82 Å². The van der Waals surface area contributed by atoms with Crippen molar-refractivity contribution in [3.05, 3.63) is 53.2 Å². The summed E-state index contributed by atoms with van der Waals surface area (Å²) in [5.74, 6) is -0.748. The van der Waals surface area contributed by atoms with E-state index in [1.807, 2.05) is 13.0 Å². The smallest absolute Gasteiger partial charge is 0.361 e. The minimum Gasteiger partial charge on any atom is -0.361 e. The highest BCUT2D eigenvalue weighted by Gasteiger charge is 2.38. The molecule has 2 aromatic heterocycles. The Kier molecular flexibility index (Phi) is 3.44. The van der Waals surface area contributed by atoms with E-state index in [1.165, 1.54) is 0 Å². The third-order valence-corrected chi connectivity index (χ3v) is 2.94. The lowest BCUT2D eigenvalue weighted by molar-refractivity contribution is -0.159. The average molecular weight is 309 g/mol. The molecular formula is C14H10F3N3O2. The molecule has 0 amide bonds. The topological polar surface area (TPSA) is 65.0 Å². The first-order chi connectivity index (χ1) is 10.4. The number of rotatable bonds is 3. The number of aromatic nitrogens is 3. The second kappa shape index (κ2) is 5.28. The highest BCUT2D eigenvalue weighted by molar-refractivity contribution is 5.54. The maximum Gasteiger partial charge on any atom is 0.471 e. The molecule has 0 atom stereocenters. The van der Waals surface area contributed by atoms with Crippen molar-refractivity contribution in [1.82, 2.24) is 15.3 Å². The van der Waals surface area contributed by atoms with Gasteiger partial charge in [-0.15, -0.1) is 0 Å². The van der Waals surface area contributed by atoms with Crippen molar-refractivity contribution in [2.24, 2.45) is 0 Å². The molecule has 0 aliphatic heterocycles. The van der Waals surface area contributed by atoms with Crippen molar-refractivity contribution < 1.29 is 22.2 Å². The van der Waals surface area contributed by atoms with Crippen LogP contribution in [-0.4, -0.2) is 15.3 Å². The van der Waals surface area contributed by atoms with Gasteiger partial charge in [-0.25, -0.2) is 0 Å². The monoisotopic (exact) mass is 309 g/mol. The van der Waals surface area contributed by atoms with Gasteiger partial charge in [-0.1, -0.05) is 34.6 Å². The van der Waals surface area contributed by atoms with Crippen molar-refractivity contribution in [2.45, 2.75) is 19.5 Å². The van der Waals surface area contributed by atoms with Crippen LogP contribution in [0.2, 0.25) is 0 Å². The van der Waals surface area contributed by atoms with Crippen molar-refractivity contribution in [3.8, 4) is 11.4 Å². The molecular weight excluding hydrogens is 299 g/mol. The highest BCUT2D eigenvalue weighted by atomic mass is 19.4. The van der Waals surface area contributed by atoms with Crippen molar-refractivity contribution >= 4 is 0 Å². The maximum atomic E-state index is 12.4. The molecule has 0 saturated heterocycles. The van der Waals surface area contributed by atoms with E-state index in [0.717, 1.165) is 11.3 Å². The van der Waals surface area contributed by atoms with Gasteiger partial charge in [0, 0.05) is 18.1 Å². The molecule has 1 aromatic carbocycles. The second-order valence-electron chi connectivity index (χ2n) is 4.73. The number of halogens is 3. The Morgan fingerprint density at radius 3 is 2.32 bits per heavy atom. The summed E-state index contributed by atoms with van der Waals surface area (Å²) in [6.45, 7) is 1.82. The van der Waals surface area contributed by atoms with E-state index in [9.17, 15) is 13.2 Å². The van der Waals surface area contributed by atoms with Gasteiger partial charge in [0.1, 0.15) is 5.76 Å². The molecule has 0 N–H and O–H groups in total. The van der Waals surface area contributed by atoms with E-state index in [2.05, 4.69) is 19.8 Å². The first kappa shape index (κ1) is 14.3. The Morgan fingerprint density at radius 1 is 1.05 bits per heavy atom. The summed E-state index contributed by atoms with van der Waals surface area (Å²) in [5, 5.41) is 7.12. The van der Waals surface area contributed by atoms with Gasteiger partial charge in [-0.2, -0.15) is 18.2 Å². The molecule has 2 heterocycles. The molecule has 5 nitrogen and oxygen atoms in total. The molecule has 0 aliphatic carbocycles. The first-order valence-corrected chi connectivity index (χ1v) is 6.34. The molecule has 0 fully saturated rings. The zero-order valence-electron chi connectivity index (χ0n) is 11.4. The lowest BCUT2D eigenvalue weighted by Gasteiger charge is -1.99. The summed E-state index contributed by atoms with van der Waals surface area (Å²) < 4.78 is 46.6. The summed E-state index contributed by atoms with van der Waals surface area (Å²) in [6, 6.07) is 8.60. The van der Waals surface area contributed by atoms with Crippen LogP contribution in [-0.2, 0) is 12.6 Å². The Hall–Kier alpha value is -2.64. The summed E-state index contributed by atoms with van der Waals surface area (Å²) in [6.07, 6.45) is -4.10. The van der Waals surface area contributed by atoms with Crippen LogP contribution < -0.4 is 0 Å². The van der Waals surface area contributed by atoms with Crippen LogP contribution in [0.15, 0.2) is 39.4 Å². The van der Waals surface area contributed by atoms with Gasteiger partial charge in [0.25, 0.3) is 0 Å². The lowest BCUT2D eigenvalue weighted by Crippen LogP contribution is -2.04. The molecule has 0 radical (unpaired) electrons. The van der Waals surface area contributed by atoms with Gasteiger partial charge in [0.05, 0.1) is 5.69 Å². The molecule has 8 heteroatoms. The molecule has 0 spiro atoms. The minimum atomic E-state index is -4.64. The molecule has 3 aromatic rings. The van der Waals surface area contributed by atoms with Crippen LogP contribution >= 0.6 is 0 Å². The SMILES string of the molecule is Cc1cc(Cc2ccc(-c3noc(C(F)(F)F)n3)cc2)on1. The lowest BCUT2D eigenvalue weighted by atomic mass is 10.1. The number of aryl methyl sites for hydroxylation is 1. The molecule has 0 unspecified atom stereocenters. The van der Waals surface area contributed by atoms with E-state index in [1.54, 1.807) is 24.3 Å². The van der Waals surface area contributed by atoms with Crippen LogP contribution in [0.25, 0.3) is 11.4 Å². The predicted octanol–water partition coefficient (Wildman–Crippen LogP) is 3.64. The van der Waals surface area contributed by atoms with E-state index in [0.29, 0.717) is 17.7 Å². The third-order valence-electron chi connectivity index (χ3n) is 2.94. The average Bonchev–Trinajstić information content (AvgIpc) is 3.08. The zero-order chi connectivity index (χ0) is 15.7. The van der Waals surface area contributed by atoms with Crippen molar-refractivity contribution in [3.63, 3.8) is 0 Å². The van der Waals surface area contributed by atoms with Gasteiger partial charge >= 0.3 is 12.1 Å². The maximum absolute atomic E-state index is 12.4. The molecule has 0 bridgehead atoms. The van der Waals surface area contributed by atoms with Crippen LogP contribution in [0.1, 0.15) is 22.9 Å². The predicted molar refractivity (Wildman–Crippen MR) is 68.8 cm³/mol. The summed E-state index contributed by atoms with van der Waals surface area (Å²) in [4.78, 5) is 3.34. The van der Waals surface area contributed by atoms with Crippen molar-refractivity contribution in [1.29, 1.82) is 0 Å². The van der Waals surface area contributed by atoms with Gasteiger partial charge < -0.3 is 9.05 Å². The highest BCUT2D eigenvalue weighted by Crippen LogP contribution is 2.29. The van der Waals surface area contributed by atoms with Crippen LogP contribution in [0.4, 0.5) is 13.2 Å². The number of benzene rings is 1. The third kappa shape index (κ3) is 3.00. The van der Waals surface area contributed by atoms with Crippen LogP contribution in [0.5, 0.6) is 0 Å². The Bertz CT molecular complexity index is 775. The Labute approximate surface area is 122 Å². The molecule has 0 aliphatic rings. The fourth-order valence-electron chi connectivity index (χ4n) is 1.93. The number of nitrogens with zero attached hydrogens (tertiary/aromatic N) is 3. The quantitative estimate of drug-likeness (QED) is 0.739. The molecule has 3 rings (SSSR count). The van der Waals surface area contributed by atoms with Gasteiger partial charge in [0.15, 0.2) is 0 Å². The zero-order valence-corrected chi connectivity index (χ0v) is 11.4. The van der Waals surface area contributed by atoms with E-state index < -0.39 is 12.1 Å². The second-order valence-corrected chi connectivity index (χ2v) is 4.73. The van der Waals surface area contributed by atoms with E-state index >= 15 is 0 Å². The molecule has 114 valence electrons. The number of hydrogen-bond acceptors (Lipinski definition) is 5. The normalized spacial score (nSPS) is 11.8. The first-order valence-electron chi connectivity index (χ1n) is 6.34.